The predicted molar refractivity (Wildman–Crippen MR) is 40.0 cm³/mol. The van der Waals surface area contributed by atoms with Gasteiger partial charge in [0, 0.05) is 4.11 Å². The average molecular weight is 125 g/mol. The Kier molecular flexibility index (Phi) is 0.681. The molecule has 0 atom stereocenters. The van der Waals surface area contributed by atoms with Crippen LogP contribution in [0.3, 0.4) is 0 Å². The van der Waals surface area contributed by atoms with E-state index in [9.17, 15) is 0 Å². The van der Waals surface area contributed by atoms with Crippen LogP contribution in [0.25, 0.3) is 0 Å². The molecular weight excluding hydrogens is 112 g/mol. The van der Waals surface area contributed by atoms with Gasteiger partial charge in [-0.25, -0.2) is 0 Å². The van der Waals surface area contributed by atoms with Gasteiger partial charge in [0.2, 0.25) is 0 Å². The molecule has 1 aromatic rings. The van der Waals surface area contributed by atoms with Crippen LogP contribution in [0.15, 0.2) is 18.2 Å². The molecule has 2 heteroatoms. The molecule has 0 heterocycles. The number of nitrogens with two attached hydrogens (primary N) is 2. The molecular formula is C7H10N2. The van der Waals surface area contributed by atoms with Crippen LogP contribution in [0.5, 0.6) is 0 Å². The van der Waals surface area contributed by atoms with Crippen LogP contribution in [0.1, 0.15) is 9.68 Å². The van der Waals surface area contributed by atoms with Gasteiger partial charge in [-0.05, 0) is 18.5 Å². The summed E-state index contributed by atoms with van der Waals surface area (Å²) in [5, 5.41) is 0. The maximum Gasteiger partial charge on any atom is 0.0577 e. The monoisotopic (exact) mass is 125 g/mol. The van der Waals surface area contributed by atoms with Crippen molar-refractivity contribution in [1.29, 1.82) is 0 Å². The molecule has 2 nitrogen and oxygen atoms in total. The van der Waals surface area contributed by atoms with Gasteiger partial charge >= 0.3 is 0 Å². The zero-order valence-corrected chi connectivity index (χ0v) is 4.89. The smallest absolute Gasteiger partial charge is 0.0577 e. The zero-order chi connectivity index (χ0) is 9.35. The first kappa shape index (κ1) is 3.11. The largest absolute Gasteiger partial charge is 0.397 e. The maximum absolute atomic E-state index is 7.11. The van der Waals surface area contributed by atoms with Gasteiger partial charge < -0.3 is 11.5 Å². The van der Waals surface area contributed by atoms with Crippen molar-refractivity contribution in [2.24, 2.45) is 0 Å². The Morgan fingerprint density at radius 1 is 1.44 bits per heavy atom. The summed E-state index contributed by atoms with van der Waals surface area (Å²) in [4.78, 5) is 0. The summed E-state index contributed by atoms with van der Waals surface area (Å²) in [6, 6.07) is 4.61. The van der Waals surface area contributed by atoms with E-state index in [1.165, 1.54) is 6.07 Å². The number of anilines is 2. The highest BCUT2D eigenvalue weighted by atomic mass is 14.7. The topological polar surface area (TPSA) is 52.0 Å². The SMILES string of the molecule is [2H]C([2H])([2H])c1cccc(N)c1N. The molecule has 0 aliphatic heterocycles. The van der Waals surface area contributed by atoms with E-state index in [4.69, 9.17) is 15.6 Å². The van der Waals surface area contributed by atoms with E-state index in [2.05, 4.69) is 0 Å². The van der Waals surface area contributed by atoms with Crippen molar-refractivity contribution in [3.8, 4) is 0 Å². The van der Waals surface area contributed by atoms with Gasteiger partial charge in [0.15, 0.2) is 0 Å². The highest BCUT2D eigenvalue weighted by Crippen LogP contribution is 2.17. The van der Waals surface area contributed by atoms with Crippen LogP contribution in [-0.2, 0) is 0 Å². The highest BCUT2D eigenvalue weighted by molar-refractivity contribution is 5.66. The Morgan fingerprint density at radius 3 is 2.78 bits per heavy atom. The van der Waals surface area contributed by atoms with E-state index in [1.807, 2.05) is 0 Å². The molecule has 0 unspecified atom stereocenters. The van der Waals surface area contributed by atoms with E-state index in [-0.39, 0.29) is 11.3 Å². The van der Waals surface area contributed by atoms with Crippen molar-refractivity contribution in [2.75, 3.05) is 11.5 Å². The highest BCUT2D eigenvalue weighted by Gasteiger charge is 1.93. The Balaban J connectivity index is 3.26. The van der Waals surface area contributed by atoms with Crippen LogP contribution in [0, 0.1) is 6.85 Å². The second kappa shape index (κ2) is 1.97. The lowest BCUT2D eigenvalue weighted by Crippen LogP contribution is -1.95. The second-order valence-corrected chi connectivity index (χ2v) is 1.81. The van der Waals surface area contributed by atoms with E-state index in [0.717, 1.165) is 0 Å². The summed E-state index contributed by atoms with van der Waals surface area (Å²) in [5.41, 5.74) is 11.5. The molecule has 48 valence electrons. The molecule has 4 N–H and O–H groups in total. The Labute approximate surface area is 58.7 Å². The molecule has 9 heavy (non-hydrogen) atoms. The summed E-state index contributed by atoms with van der Waals surface area (Å²) >= 11 is 0. The molecule has 0 aromatic heterocycles. The number of aryl methyl sites for hydroxylation is 1. The van der Waals surface area contributed by atoms with Crippen molar-refractivity contribution in [3.63, 3.8) is 0 Å². The van der Waals surface area contributed by atoms with Crippen molar-refractivity contribution >= 4 is 11.4 Å². The minimum Gasteiger partial charge on any atom is -0.397 e. The number of hydrogen-bond donors (Lipinski definition) is 2. The van der Waals surface area contributed by atoms with Crippen LogP contribution in [-0.4, -0.2) is 0 Å². The van der Waals surface area contributed by atoms with Gasteiger partial charge in [0.1, 0.15) is 0 Å². The van der Waals surface area contributed by atoms with Gasteiger partial charge in [-0.1, -0.05) is 12.1 Å². The van der Waals surface area contributed by atoms with E-state index in [0.29, 0.717) is 5.69 Å². The second-order valence-electron chi connectivity index (χ2n) is 1.81. The van der Waals surface area contributed by atoms with Crippen LogP contribution in [0.2, 0.25) is 0 Å². The molecule has 0 fully saturated rings. The normalized spacial score (nSPS) is 15.8. The molecule has 0 saturated carbocycles. The number of benzene rings is 1. The first-order valence-electron chi connectivity index (χ1n) is 4.07. The van der Waals surface area contributed by atoms with Gasteiger partial charge in [-0.15, -0.1) is 0 Å². The summed E-state index contributed by atoms with van der Waals surface area (Å²) in [7, 11) is 0. The molecule has 1 aromatic carbocycles. The van der Waals surface area contributed by atoms with Crippen LogP contribution in [0.4, 0.5) is 11.4 Å². The maximum atomic E-state index is 7.11. The molecule has 0 amide bonds. The first-order chi connectivity index (χ1) is 5.43. The minimum atomic E-state index is -2.18. The van der Waals surface area contributed by atoms with Gasteiger partial charge in [0.05, 0.1) is 11.4 Å². The van der Waals surface area contributed by atoms with Gasteiger partial charge in [-0.3, -0.25) is 0 Å². The summed E-state index contributed by atoms with van der Waals surface area (Å²) in [5.74, 6) is 0. The number of hydrogen-bond acceptors (Lipinski definition) is 2. The Hall–Kier alpha value is -1.18. The summed E-state index contributed by atoms with van der Waals surface area (Å²) in [6.45, 7) is -2.18. The molecule has 0 aliphatic rings. The molecule has 0 saturated heterocycles. The van der Waals surface area contributed by atoms with Crippen molar-refractivity contribution < 1.29 is 4.11 Å². The molecule has 0 aliphatic carbocycles. The number of nitrogen functional groups attached to an aromatic ring is 2. The molecule has 0 spiro atoms. The lowest BCUT2D eigenvalue weighted by Gasteiger charge is -2.00. The predicted octanol–water partition coefficient (Wildman–Crippen LogP) is 1.16. The lowest BCUT2D eigenvalue weighted by atomic mass is 10.2. The minimum absolute atomic E-state index is 0.113. The van der Waals surface area contributed by atoms with E-state index >= 15 is 0 Å². The Bertz CT molecular complexity index is 293. The zero-order valence-electron chi connectivity index (χ0n) is 7.89. The first-order valence-corrected chi connectivity index (χ1v) is 2.57. The fraction of sp³-hybridized carbons (Fsp3) is 0.143. The van der Waals surface area contributed by atoms with Crippen molar-refractivity contribution in [3.05, 3.63) is 23.8 Å². The third-order valence-corrected chi connectivity index (χ3v) is 1.14. The average Bonchev–Trinajstić information content (AvgIpc) is 1.92. The van der Waals surface area contributed by atoms with E-state index < -0.39 is 6.85 Å². The van der Waals surface area contributed by atoms with Gasteiger partial charge in [0.25, 0.3) is 0 Å². The quantitative estimate of drug-likeness (QED) is 0.511. The third-order valence-electron chi connectivity index (χ3n) is 1.14. The summed E-state index contributed by atoms with van der Waals surface area (Å²) < 4.78 is 21.3. The van der Waals surface area contributed by atoms with Crippen molar-refractivity contribution in [1.82, 2.24) is 0 Å². The molecule has 0 radical (unpaired) electrons. The standard InChI is InChI=1S/C7H10N2/c1-5-3-2-4-6(8)7(5)9/h2-4H,8-9H2,1H3/i1D3. The lowest BCUT2D eigenvalue weighted by molar-refractivity contribution is 1.47. The summed E-state index contributed by atoms with van der Waals surface area (Å²) in [6.07, 6.45) is 0. The van der Waals surface area contributed by atoms with Crippen LogP contribution >= 0.6 is 0 Å². The Morgan fingerprint density at radius 2 is 2.22 bits per heavy atom. The molecule has 1 rings (SSSR count). The number of rotatable bonds is 0. The number of para-hydroxylation sites is 1. The van der Waals surface area contributed by atoms with Crippen LogP contribution < -0.4 is 11.5 Å². The fourth-order valence-electron chi connectivity index (χ4n) is 0.583. The van der Waals surface area contributed by atoms with Gasteiger partial charge in [-0.2, -0.15) is 0 Å². The molecule has 0 bridgehead atoms. The van der Waals surface area contributed by atoms with Crippen molar-refractivity contribution in [2.45, 2.75) is 6.85 Å². The van der Waals surface area contributed by atoms with E-state index in [1.54, 1.807) is 12.1 Å². The third kappa shape index (κ3) is 0.964. The fourth-order valence-corrected chi connectivity index (χ4v) is 0.583.